The van der Waals surface area contributed by atoms with Crippen molar-refractivity contribution in [3.63, 3.8) is 0 Å². The van der Waals surface area contributed by atoms with Gasteiger partial charge in [-0.25, -0.2) is 9.97 Å². The summed E-state index contributed by atoms with van der Waals surface area (Å²) >= 11 is 0. The Balaban J connectivity index is 1.43. The molecule has 5 rings (SSSR count). The molecular weight excluding hydrogens is 472 g/mol. The van der Waals surface area contributed by atoms with Crippen molar-refractivity contribution in [3.05, 3.63) is 54.6 Å². The summed E-state index contributed by atoms with van der Waals surface area (Å²) in [4.78, 5) is 21.6. The minimum absolute atomic E-state index is 0.0231. The Morgan fingerprint density at radius 3 is 2.62 bits per heavy atom. The van der Waals surface area contributed by atoms with Crippen LogP contribution in [0.4, 0.5) is 23.0 Å². The maximum atomic E-state index is 12.7. The highest BCUT2D eigenvalue weighted by atomic mass is 16.5. The van der Waals surface area contributed by atoms with E-state index < -0.39 is 0 Å². The lowest BCUT2D eigenvalue weighted by Gasteiger charge is -2.34. The van der Waals surface area contributed by atoms with Crippen LogP contribution in [0.25, 0.3) is 11.4 Å². The number of benzene rings is 1. The Morgan fingerprint density at radius 2 is 1.92 bits per heavy atom. The molecule has 0 spiro atoms. The lowest BCUT2D eigenvalue weighted by molar-refractivity contribution is 0.00257. The van der Waals surface area contributed by atoms with E-state index in [9.17, 15) is 4.79 Å². The number of methoxy groups -OCH3 is 2. The largest absolute Gasteiger partial charge is 0.494 e. The maximum absolute atomic E-state index is 12.7. The number of carbonyl (C=O) groups excluding carboxylic acids is 1. The average Bonchev–Trinajstić information content (AvgIpc) is 3.52. The van der Waals surface area contributed by atoms with Crippen molar-refractivity contribution in [3.8, 4) is 17.1 Å². The third-order valence-electron chi connectivity index (χ3n) is 6.50. The van der Waals surface area contributed by atoms with Gasteiger partial charge in [0.25, 0.3) is 0 Å². The number of carbonyl (C=O) groups is 1. The van der Waals surface area contributed by atoms with E-state index in [1.165, 1.54) is 0 Å². The van der Waals surface area contributed by atoms with Crippen LogP contribution in [0.15, 0.2) is 49.1 Å². The summed E-state index contributed by atoms with van der Waals surface area (Å²) in [6, 6.07) is 9.71. The van der Waals surface area contributed by atoms with E-state index in [0.717, 1.165) is 18.4 Å². The van der Waals surface area contributed by atoms with E-state index in [0.29, 0.717) is 58.7 Å². The minimum Gasteiger partial charge on any atom is -0.494 e. The number of aryl methyl sites for hydroxylation is 1. The molecule has 1 saturated carbocycles. The first-order valence-corrected chi connectivity index (χ1v) is 12.2. The van der Waals surface area contributed by atoms with Crippen molar-refractivity contribution in [1.82, 2.24) is 29.5 Å². The fourth-order valence-electron chi connectivity index (χ4n) is 4.36. The van der Waals surface area contributed by atoms with E-state index in [-0.39, 0.29) is 5.78 Å². The van der Waals surface area contributed by atoms with Gasteiger partial charge >= 0.3 is 0 Å². The van der Waals surface area contributed by atoms with E-state index >= 15 is 0 Å². The van der Waals surface area contributed by atoms with E-state index in [4.69, 9.17) is 9.47 Å². The van der Waals surface area contributed by atoms with Crippen molar-refractivity contribution in [1.29, 1.82) is 0 Å². The molecule has 2 N–H and O–H groups in total. The van der Waals surface area contributed by atoms with Gasteiger partial charge in [-0.15, -0.1) is 0 Å². The number of ether oxygens (including phenoxy) is 2. The van der Waals surface area contributed by atoms with Gasteiger partial charge in [0.15, 0.2) is 23.2 Å². The number of aromatic nitrogens is 6. The summed E-state index contributed by atoms with van der Waals surface area (Å²) < 4.78 is 14.7. The molecule has 1 aliphatic carbocycles. The van der Waals surface area contributed by atoms with Crippen LogP contribution in [0.2, 0.25) is 0 Å². The zero-order valence-corrected chi connectivity index (χ0v) is 21.3. The molecule has 3 aromatic heterocycles. The number of para-hydroxylation sites is 1. The van der Waals surface area contributed by atoms with Gasteiger partial charge in [0.2, 0.25) is 0 Å². The second-order valence-electron chi connectivity index (χ2n) is 8.93. The van der Waals surface area contributed by atoms with Crippen LogP contribution in [-0.4, -0.2) is 55.6 Å². The second kappa shape index (κ2) is 10.4. The zero-order chi connectivity index (χ0) is 25.9. The van der Waals surface area contributed by atoms with Gasteiger partial charge in [0, 0.05) is 45.1 Å². The van der Waals surface area contributed by atoms with Crippen molar-refractivity contribution in [2.45, 2.75) is 38.3 Å². The van der Waals surface area contributed by atoms with E-state index in [2.05, 4.69) is 30.8 Å². The SMILES string of the molecule is CCC(=O)c1cnc(Nc2ccn(C3CC(OC)C3)n2)cc1Nc1cccc(-c2ncn(C)n2)c1OC. The molecule has 0 aliphatic heterocycles. The van der Waals surface area contributed by atoms with Crippen LogP contribution in [0.1, 0.15) is 42.6 Å². The summed E-state index contributed by atoms with van der Waals surface area (Å²) in [6.45, 7) is 1.83. The first kappa shape index (κ1) is 24.4. The van der Waals surface area contributed by atoms with Crippen LogP contribution in [0.5, 0.6) is 5.75 Å². The molecule has 1 fully saturated rings. The second-order valence-corrected chi connectivity index (χ2v) is 8.93. The highest BCUT2D eigenvalue weighted by Crippen LogP contribution is 2.38. The predicted molar refractivity (Wildman–Crippen MR) is 140 cm³/mol. The first-order chi connectivity index (χ1) is 18.0. The summed E-state index contributed by atoms with van der Waals surface area (Å²) in [5.74, 6) is 2.33. The highest BCUT2D eigenvalue weighted by molar-refractivity contribution is 6.02. The number of anilines is 4. The van der Waals surface area contributed by atoms with E-state index in [1.54, 1.807) is 37.5 Å². The number of nitrogens with zero attached hydrogens (tertiary/aromatic N) is 6. The molecule has 0 atom stereocenters. The summed E-state index contributed by atoms with van der Waals surface area (Å²) in [5, 5.41) is 15.7. The molecular formula is C26H30N8O3. The molecule has 0 saturated heterocycles. The molecule has 0 unspecified atom stereocenters. The number of hydrogen-bond acceptors (Lipinski definition) is 9. The predicted octanol–water partition coefficient (Wildman–Crippen LogP) is 4.51. The molecule has 1 aromatic carbocycles. The Labute approximate surface area is 214 Å². The average molecular weight is 503 g/mol. The molecule has 0 radical (unpaired) electrons. The molecule has 37 heavy (non-hydrogen) atoms. The van der Waals surface area contributed by atoms with Gasteiger partial charge in [-0.1, -0.05) is 13.0 Å². The molecule has 0 amide bonds. The quantitative estimate of drug-likeness (QED) is 0.302. The third kappa shape index (κ3) is 5.03. The Hall–Kier alpha value is -4.25. The summed E-state index contributed by atoms with van der Waals surface area (Å²) in [6.07, 6.45) is 7.73. The van der Waals surface area contributed by atoms with Gasteiger partial charge in [-0.05, 0) is 25.0 Å². The van der Waals surface area contributed by atoms with Crippen molar-refractivity contribution >= 4 is 28.8 Å². The molecule has 11 heteroatoms. The summed E-state index contributed by atoms with van der Waals surface area (Å²) in [7, 11) is 5.14. The van der Waals surface area contributed by atoms with Gasteiger partial charge in [-0.3, -0.25) is 14.2 Å². The Morgan fingerprint density at radius 1 is 1.08 bits per heavy atom. The molecule has 192 valence electrons. The standard InChI is InChI=1S/C26H30N8O3/c1-5-22(35)19-14-27-24(30-23-9-10-34(31-23)16-11-17(12-16)36-3)13-21(19)29-20-8-6-7-18(25(20)37-4)26-28-15-33(2)32-26/h6-10,13-17H,5,11-12H2,1-4H3,(H2,27,29,30,31). The molecule has 11 nitrogen and oxygen atoms in total. The van der Waals surface area contributed by atoms with Gasteiger partial charge < -0.3 is 20.1 Å². The van der Waals surface area contributed by atoms with Crippen LogP contribution in [-0.2, 0) is 11.8 Å². The minimum atomic E-state index is -0.0231. The lowest BCUT2D eigenvalue weighted by Crippen LogP contribution is -2.32. The monoisotopic (exact) mass is 502 g/mol. The number of hydrogen-bond donors (Lipinski definition) is 2. The van der Waals surface area contributed by atoms with Gasteiger partial charge in [0.05, 0.1) is 41.8 Å². The fraction of sp³-hybridized carbons (Fsp3) is 0.346. The third-order valence-corrected chi connectivity index (χ3v) is 6.50. The Bertz CT molecular complexity index is 1410. The molecule has 4 aromatic rings. The van der Waals surface area contributed by atoms with Crippen molar-refractivity contribution < 1.29 is 14.3 Å². The zero-order valence-electron chi connectivity index (χ0n) is 21.3. The number of rotatable bonds is 10. The van der Waals surface area contributed by atoms with Crippen LogP contribution in [0.3, 0.4) is 0 Å². The summed E-state index contributed by atoms with van der Waals surface area (Å²) in [5.41, 5.74) is 2.51. The first-order valence-electron chi connectivity index (χ1n) is 12.2. The number of nitrogens with one attached hydrogen (secondary N) is 2. The number of ketones is 1. The van der Waals surface area contributed by atoms with Crippen LogP contribution >= 0.6 is 0 Å². The highest BCUT2D eigenvalue weighted by Gasteiger charge is 2.31. The number of Topliss-reactive ketones (excluding diaryl/α,β-unsaturated/α-hetero) is 1. The molecule has 3 heterocycles. The van der Waals surface area contributed by atoms with Crippen LogP contribution in [0, 0.1) is 0 Å². The van der Waals surface area contributed by atoms with E-state index in [1.807, 2.05) is 49.1 Å². The molecule has 1 aliphatic rings. The number of pyridine rings is 1. The maximum Gasteiger partial charge on any atom is 0.184 e. The lowest BCUT2D eigenvalue weighted by atomic mass is 9.89. The van der Waals surface area contributed by atoms with Gasteiger partial charge in [-0.2, -0.15) is 10.2 Å². The Kier molecular flexibility index (Phi) is 6.87. The van der Waals surface area contributed by atoms with Gasteiger partial charge in [0.1, 0.15) is 12.1 Å². The smallest absolute Gasteiger partial charge is 0.184 e. The van der Waals surface area contributed by atoms with Crippen molar-refractivity contribution in [2.24, 2.45) is 7.05 Å². The normalized spacial score (nSPS) is 16.8. The molecule has 0 bridgehead atoms. The van der Waals surface area contributed by atoms with Crippen molar-refractivity contribution in [2.75, 3.05) is 24.9 Å². The fourth-order valence-corrected chi connectivity index (χ4v) is 4.36. The van der Waals surface area contributed by atoms with Crippen LogP contribution < -0.4 is 15.4 Å². The topological polar surface area (TPSA) is 121 Å².